The van der Waals surface area contributed by atoms with Crippen LogP contribution in [0, 0.1) is 5.82 Å². The first-order valence-corrected chi connectivity index (χ1v) is 16.7. The van der Waals surface area contributed by atoms with E-state index in [0.717, 1.165) is 3.58 Å². The molecule has 5 heteroatoms. The van der Waals surface area contributed by atoms with Gasteiger partial charge in [-0.05, 0) is 0 Å². The number of esters is 1. The van der Waals surface area contributed by atoms with Gasteiger partial charge in [0, 0.05) is 0 Å². The summed E-state index contributed by atoms with van der Waals surface area (Å²) in [6, 6.07) is 3.28. The molecule has 2 rings (SSSR count). The van der Waals surface area contributed by atoms with E-state index in [-0.39, 0.29) is 11.8 Å². The molecule has 0 radical (unpaired) electrons. The van der Waals surface area contributed by atoms with E-state index < -0.39 is 23.8 Å². The molecule has 1 aliphatic carbocycles. The zero-order valence-corrected chi connectivity index (χ0v) is 15.5. The molecule has 0 atom stereocenters. The van der Waals surface area contributed by atoms with Crippen molar-refractivity contribution in [1.29, 1.82) is 0 Å². The normalized spacial score (nSPS) is 16.7. The van der Waals surface area contributed by atoms with Crippen molar-refractivity contribution < 1.29 is 18.7 Å². The van der Waals surface area contributed by atoms with Crippen molar-refractivity contribution in [3.8, 4) is 5.75 Å². The molecule has 1 saturated carbocycles. The van der Waals surface area contributed by atoms with Gasteiger partial charge in [0.05, 0.1) is 0 Å². The number of ether oxygens (including phenoxy) is 2. The summed E-state index contributed by atoms with van der Waals surface area (Å²) in [5.74, 6) is 0.0423. The summed E-state index contributed by atoms with van der Waals surface area (Å²) in [6.07, 6.45) is 1.27. The molecule has 0 N–H and O–H groups in total. The van der Waals surface area contributed by atoms with Crippen LogP contribution in [0.4, 0.5) is 4.39 Å². The zero-order valence-electron chi connectivity index (χ0n) is 12.7. The minimum absolute atomic E-state index is 0.310. The predicted octanol–water partition coefficient (Wildman–Crippen LogP) is 2.58. The van der Waals surface area contributed by atoms with Gasteiger partial charge in [-0.3, -0.25) is 0 Å². The second-order valence-corrected chi connectivity index (χ2v) is 20.7. The summed E-state index contributed by atoms with van der Waals surface area (Å²) in [7, 11) is 2.94. The Hall–Kier alpha value is -0.781. The predicted molar refractivity (Wildman–Crippen MR) is 78.9 cm³/mol. The summed E-state index contributed by atoms with van der Waals surface area (Å²) in [5, 5.41) is 0. The molecule has 0 unspecified atom stereocenters. The SMILES string of the molecule is COC(=O)C1(c2cc(OC)[c]([Sn]([CH3])([CH3])[CH3])cc2F)CC1. The van der Waals surface area contributed by atoms with Crippen LogP contribution < -0.4 is 8.32 Å². The van der Waals surface area contributed by atoms with Gasteiger partial charge in [0.1, 0.15) is 0 Å². The third-order valence-electron chi connectivity index (χ3n) is 3.94. The summed E-state index contributed by atoms with van der Waals surface area (Å²) in [4.78, 5) is 18.5. The standard InChI is InChI=1S/C12H12FO3.3CH3.Sn/c1-15-8-3-4-10(13)9(7-8)12(5-6-12)11(14)16-2;;;;/h4,7H,5-6H2,1-2H3;3*1H3;. The van der Waals surface area contributed by atoms with Gasteiger partial charge in [0.15, 0.2) is 0 Å². The second-order valence-electron chi connectivity index (χ2n) is 6.36. The molecular weight excluding hydrogens is 366 g/mol. The van der Waals surface area contributed by atoms with Gasteiger partial charge in [-0.2, -0.15) is 0 Å². The molecular formula is C15H21FO3Sn. The fourth-order valence-electron chi connectivity index (χ4n) is 2.58. The summed E-state index contributed by atoms with van der Waals surface area (Å²) < 4.78 is 25.8. The van der Waals surface area contributed by atoms with E-state index in [1.807, 2.05) is 0 Å². The van der Waals surface area contributed by atoms with Gasteiger partial charge in [-0.15, -0.1) is 0 Å². The van der Waals surface area contributed by atoms with Crippen molar-refractivity contribution in [1.82, 2.24) is 0 Å². The third kappa shape index (κ3) is 2.54. The van der Waals surface area contributed by atoms with Crippen molar-refractivity contribution >= 4 is 27.9 Å². The van der Waals surface area contributed by atoms with Crippen LogP contribution in [0.25, 0.3) is 0 Å². The summed E-state index contributed by atoms with van der Waals surface area (Å²) >= 11 is -2.47. The van der Waals surface area contributed by atoms with Crippen molar-refractivity contribution in [2.45, 2.75) is 33.1 Å². The quantitative estimate of drug-likeness (QED) is 0.589. The Bertz CT molecular complexity index is 545. The van der Waals surface area contributed by atoms with Gasteiger partial charge in [-0.1, -0.05) is 0 Å². The van der Waals surface area contributed by atoms with Crippen LogP contribution in [-0.2, 0) is 14.9 Å². The molecule has 0 amide bonds. The molecule has 0 spiro atoms. The van der Waals surface area contributed by atoms with Crippen molar-refractivity contribution in [3.63, 3.8) is 0 Å². The topological polar surface area (TPSA) is 35.5 Å². The average molecular weight is 387 g/mol. The molecule has 0 aromatic heterocycles. The Labute approximate surface area is 123 Å². The van der Waals surface area contributed by atoms with E-state index in [1.165, 1.54) is 7.11 Å². The monoisotopic (exact) mass is 388 g/mol. The van der Waals surface area contributed by atoms with Crippen LogP contribution in [0.5, 0.6) is 5.75 Å². The number of carbonyl (C=O) groups is 1. The summed E-state index contributed by atoms with van der Waals surface area (Å²) in [5.41, 5.74) is -0.376. The number of hydrogen-bond acceptors (Lipinski definition) is 3. The van der Waals surface area contributed by atoms with Crippen molar-refractivity contribution in [2.24, 2.45) is 0 Å². The Morgan fingerprint density at radius 2 is 1.85 bits per heavy atom. The van der Waals surface area contributed by atoms with Gasteiger partial charge in [0.25, 0.3) is 0 Å². The zero-order chi connectivity index (χ0) is 15.1. The molecule has 0 aliphatic heterocycles. The molecule has 1 aliphatic rings. The number of halogens is 1. The van der Waals surface area contributed by atoms with Crippen molar-refractivity contribution in [2.75, 3.05) is 14.2 Å². The van der Waals surface area contributed by atoms with Crippen LogP contribution >= 0.6 is 0 Å². The van der Waals surface area contributed by atoms with Crippen LogP contribution in [0.15, 0.2) is 12.1 Å². The van der Waals surface area contributed by atoms with E-state index in [1.54, 1.807) is 19.2 Å². The second kappa shape index (κ2) is 5.20. The number of benzene rings is 1. The first kappa shape index (κ1) is 15.6. The minimum atomic E-state index is -2.47. The molecule has 20 heavy (non-hydrogen) atoms. The van der Waals surface area contributed by atoms with Gasteiger partial charge < -0.3 is 0 Å². The number of carbonyl (C=O) groups excluding carboxylic acids is 1. The number of hydrogen-bond donors (Lipinski definition) is 0. The molecule has 0 heterocycles. The van der Waals surface area contributed by atoms with Gasteiger partial charge in [0.2, 0.25) is 0 Å². The van der Waals surface area contributed by atoms with Crippen LogP contribution in [0.3, 0.4) is 0 Å². The van der Waals surface area contributed by atoms with Gasteiger partial charge in [-0.25, -0.2) is 0 Å². The Kier molecular flexibility index (Phi) is 4.06. The molecule has 0 bridgehead atoms. The maximum atomic E-state index is 14.5. The van der Waals surface area contributed by atoms with E-state index >= 15 is 0 Å². The third-order valence-corrected chi connectivity index (χ3v) is 9.67. The molecule has 1 fully saturated rings. The molecule has 1 aromatic rings. The maximum absolute atomic E-state index is 14.5. The molecule has 1 aromatic carbocycles. The Morgan fingerprint density at radius 3 is 2.25 bits per heavy atom. The number of methoxy groups -OCH3 is 2. The summed E-state index contributed by atoms with van der Waals surface area (Å²) in [6.45, 7) is 0. The van der Waals surface area contributed by atoms with E-state index in [0.29, 0.717) is 24.2 Å². The van der Waals surface area contributed by atoms with Gasteiger partial charge >= 0.3 is 123 Å². The van der Waals surface area contributed by atoms with Crippen LogP contribution in [0.2, 0.25) is 14.8 Å². The molecule has 0 saturated heterocycles. The van der Waals surface area contributed by atoms with E-state index in [4.69, 9.17) is 9.47 Å². The number of rotatable bonds is 4. The first-order chi connectivity index (χ1) is 9.26. The van der Waals surface area contributed by atoms with Crippen LogP contribution in [-0.4, -0.2) is 38.6 Å². The van der Waals surface area contributed by atoms with Crippen LogP contribution in [0.1, 0.15) is 18.4 Å². The Morgan fingerprint density at radius 1 is 1.25 bits per heavy atom. The Balaban J connectivity index is 2.55. The van der Waals surface area contributed by atoms with Crippen molar-refractivity contribution in [3.05, 3.63) is 23.5 Å². The molecule has 110 valence electrons. The average Bonchev–Trinajstić information content (AvgIpc) is 3.17. The van der Waals surface area contributed by atoms with E-state index in [2.05, 4.69) is 14.8 Å². The molecule has 3 nitrogen and oxygen atoms in total. The fraction of sp³-hybridized carbons (Fsp3) is 0.533. The first-order valence-electron chi connectivity index (χ1n) is 6.73. The van der Waals surface area contributed by atoms with E-state index in [9.17, 15) is 9.18 Å². The fourth-order valence-corrected chi connectivity index (χ4v) is 6.78.